The van der Waals surface area contributed by atoms with E-state index in [1.807, 2.05) is 44.3 Å². The number of hydrogen-bond acceptors (Lipinski definition) is 6. The number of aryl methyl sites for hydroxylation is 1. The number of nitrogens with one attached hydrogen (secondary N) is 3. The van der Waals surface area contributed by atoms with E-state index in [1.54, 1.807) is 0 Å². The highest BCUT2D eigenvalue weighted by Gasteiger charge is 2.28. The molecular formula is C29H40N6S2. The molecule has 1 saturated heterocycles. The van der Waals surface area contributed by atoms with Gasteiger partial charge in [-0.05, 0) is 49.4 Å². The maximum absolute atomic E-state index is 5.65. The average molecular weight is 537 g/mol. The van der Waals surface area contributed by atoms with Crippen LogP contribution in [0.15, 0.2) is 54.7 Å². The van der Waals surface area contributed by atoms with Gasteiger partial charge in [0.1, 0.15) is 5.82 Å². The van der Waals surface area contributed by atoms with Crippen molar-refractivity contribution in [2.24, 2.45) is 0 Å². The Kier molecular flexibility index (Phi) is 12.1. The smallest absolute Gasteiger partial charge is 0.129 e. The van der Waals surface area contributed by atoms with Crippen LogP contribution in [0.4, 0.5) is 5.82 Å². The minimum Gasteiger partial charge on any atom is -0.378 e. The number of pyridine rings is 2. The third kappa shape index (κ3) is 8.69. The second-order valence-corrected chi connectivity index (χ2v) is 9.78. The first-order chi connectivity index (χ1) is 18.1. The van der Waals surface area contributed by atoms with Gasteiger partial charge in [0.25, 0.3) is 0 Å². The zero-order chi connectivity index (χ0) is 26.5. The summed E-state index contributed by atoms with van der Waals surface area (Å²) in [7, 11) is 0. The van der Waals surface area contributed by atoms with Crippen molar-refractivity contribution in [2.45, 2.75) is 59.0 Å². The number of fused-ring (bicyclic) bond motifs is 2. The summed E-state index contributed by atoms with van der Waals surface area (Å²) in [5.41, 5.74) is 3.45. The van der Waals surface area contributed by atoms with Gasteiger partial charge >= 0.3 is 0 Å². The number of para-hydroxylation sites is 1. The first-order valence-electron chi connectivity index (χ1n) is 13.5. The Morgan fingerprint density at radius 1 is 1.14 bits per heavy atom. The van der Waals surface area contributed by atoms with Crippen molar-refractivity contribution in [3.63, 3.8) is 0 Å². The molecular weight excluding hydrogens is 496 g/mol. The van der Waals surface area contributed by atoms with Crippen molar-refractivity contribution >= 4 is 51.1 Å². The third-order valence-corrected chi connectivity index (χ3v) is 7.01. The van der Waals surface area contributed by atoms with Gasteiger partial charge in [0, 0.05) is 37.8 Å². The predicted molar refractivity (Wildman–Crippen MR) is 164 cm³/mol. The monoisotopic (exact) mass is 536 g/mol. The van der Waals surface area contributed by atoms with E-state index in [9.17, 15) is 0 Å². The summed E-state index contributed by atoms with van der Waals surface area (Å²) in [6.45, 7) is 10.5. The van der Waals surface area contributed by atoms with Crippen molar-refractivity contribution in [2.75, 3.05) is 31.5 Å². The van der Waals surface area contributed by atoms with Crippen LogP contribution < -0.4 is 16.0 Å². The van der Waals surface area contributed by atoms with Crippen molar-refractivity contribution in [3.05, 3.63) is 66.0 Å². The lowest BCUT2D eigenvalue weighted by Gasteiger charge is -2.21. The molecule has 0 spiro atoms. The number of nitrogens with zero attached hydrogens (tertiary/aromatic N) is 3. The van der Waals surface area contributed by atoms with Crippen LogP contribution in [-0.4, -0.2) is 57.1 Å². The lowest BCUT2D eigenvalue weighted by atomic mass is 10.1. The summed E-state index contributed by atoms with van der Waals surface area (Å²) in [5.74, 6) is 1.05. The lowest BCUT2D eigenvalue weighted by molar-refractivity contribution is 0.514. The van der Waals surface area contributed by atoms with Gasteiger partial charge in [-0.3, -0.25) is 4.98 Å². The van der Waals surface area contributed by atoms with Crippen LogP contribution in [0.25, 0.3) is 10.9 Å². The molecule has 0 aliphatic carbocycles. The van der Waals surface area contributed by atoms with E-state index in [1.165, 1.54) is 17.4 Å². The molecule has 0 saturated carbocycles. The van der Waals surface area contributed by atoms with Crippen molar-refractivity contribution in [1.29, 1.82) is 0 Å². The zero-order valence-electron chi connectivity index (χ0n) is 22.3. The van der Waals surface area contributed by atoms with Crippen molar-refractivity contribution < 1.29 is 0 Å². The number of likely N-dealkylation sites (tertiary alicyclic amines) is 1. The van der Waals surface area contributed by atoms with Crippen LogP contribution in [0.1, 0.15) is 51.3 Å². The predicted octanol–water partition coefficient (Wildman–Crippen LogP) is 5.52. The molecule has 3 N–H and O–H groups in total. The Hall–Kier alpha value is -2.68. The molecule has 198 valence electrons. The average Bonchev–Trinajstić information content (AvgIpc) is 3.30. The molecule has 1 fully saturated rings. The van der Waals surface area contributed by atoms with E-state index < -0.39 is 0 Å². The van der Waals surface area contributed by atoms with Gasteiger partial charge in [0.05, 0.1) is 33.8 Å². The summed E-state index contributed by atoms with van der Waals surface area (Å²) in [6, 6.07) is 16.6. The summed E-state index contributed by atoms with van der Waals surface area (Å²) < 4.78 is 0. The van der Waals surface area contributed by atoms with Gasteiger partial charge in [0.15, 0.2) is 0 Å². The van der Waals surface area contributed by atoms with Crippen LogP contribution >= 0.6 is 24.4 Å². The molecule has 1 atom stereocenters. The fourth-order valence-corrected chi connectivity index (χ4v) is 4.91. The highest BCUT2D eigenvalue weighted by Crippen LogP contribution is 2.20. The van der Waals surface area contributed by atoms with Crippen molar-refractivity contribution in [1.82, 2.24) is 25.5 Å². The zero-order valence-corrected chi connectivity index (χ0v) is 23.9. The standard InChI is InChI=1S/C18H27N5S2.C9H7N.C2H6/c1-2-8-19-16(24)12-23-10-7-15(18(23)25)21-11-14-6-5-13-4-3-9-20-17(13)22-14;1-2-6-9-8(4-1)5-3-7-10-9;1-2/h5-6,15,21H,2-4,7-12H2,1H3,(H,19,24)(H,20,22);1-7H;1-2H3. The highest BCUT2D eigenvalue weighted by molar-refractivity contribution is 7.80. The van der Waals surface area contributed by atoms with E-state index in [2.05, 4.69) is 57.0 Å². The molecule has 4 heterocycles. The van der Waals surface area contributed by atoms with Crippen LogP contribution in [0, 0.1) is 0 Å². The summed E-state index contributed by atoms with van der Waals surface area (Å²) in [5, 5.41) is 11.4. The largest absolute Gasteiger partial charge is 0.378 e. The third-order valence-electron chi connectivity index (χ3n) is 6.20. The van der Waals surface area contributed by atoms with E-state index in [0.717, 1.165) is 79.0 Å². The van der Waals surface area contributed by atoms with Gasteiger partial charge in [-0.25, -0.2) is 4.98 Å². The Labute approximate surface area is 232 Å². The van der Waals surface area contributed by atoms with Gasteiger partial charge in [0.2, 0.25) is 0 Å². The van der Waals surface area contributed by atoms with Crippen LogP contribution in [-0.2, 0) is 13.0 Å². The number of thiocarbonyl (C=S) groups is 2. The highest BCUT2D eigenvalue weighted by atomic mass is 32.1. The molecule has 2 aliphatic heterocycles. The molecule has 1 unspecified atom stereocenters. The second kappa shape index (κ2) is 15.5. The lowest BCUT2D eigenvalue weighted by Crippen LogP contribution is -2.41. The topological polar surface area (TPSA) is 65.1 Å². The van der Waals surface area contributed by atoms with Crippen LogP contribution in [0.3, 0.4) is 0 Å². The molecule has 0 radical (unpaired) electrons. The molecule has 37 heavy (non-hydrogen) atoms. The van der Waals surface area contributed by atoms with Crippen molar-refractivity contribution in [3.8, 4) is 0 Å². The Morgan fingerprint density at radius 3 is 2.76 bits per heavy atom. The first kappa shape index (κ1) is 28.9. The van der Waals surface area contributed by atoms with Gasteiger partial charge in [-0.2, -0.15) is 0 Å². The summed E-state index contributed by atoms with van der Waals surface area (Å²) in [4.78, 5) is 13.0. The molecule has 5 rings (SSSR count). The second-order valence-electron chi connectivity index (χ2n) is 8.87. The van der Waals surface area contributed by atoms with E-state index in [-0.39, 0.29) is 6.04 Å². The maximum Gasteiger partial charge on any atom is 0.129 e. The Morgan fingerprint density at radius 2 is 1.95 bits per heavy atom. The van der Waals surface area contributed by atoms with Gasteiger partial charge in [-0.15, -0.1) is 0 Å². The first-order valence-corrected chi connectivity index (χ1v) is 14.3. The number of benzene rings is 1. The Bertz CT molecular complexity index is 1090. The van der Waals surface area contributed by atoms with E-state index in [4.69, 9.17) is 29.4 Å². The SMILES string of the molecule is CC.CCCNC(=S)CN1CCC(NCc2ccc3c(n2)NCCC3)C1=S.c1ccc2ncccc2c1. The minimum absolute atomic E-state index is 0.231. The summed E-state index contributed by atoms with van der Waals surface area (Å²) >= 11 is 11.0. The molecule has 6 nitrogen and oxygen atoms in total. The van der Waals surface area contributed by atoms with Gasteiger partial charge < -0.3 is 20.9 Å². The minimum atomic E-state index is 0.231. The molecule has 2 aromatic heterocycles. The molecule has 8 heteroatoms. The molecule has 0 amide bonds. The molecule has 2 aliphatic rings. The fraction of sp³-hybridized carbons (Fsp3) is 0.448. The quantitative estimate of drug-likeness (QED) is 0.341. The number of aromatic nitrogens is 2. The van der Waals surface area contributed by atoms with Crippen LogP contribution in [0.5, 0.6) is 0 Å². The fourth-order valence-electron chi connectivity index (χ4n) is 4.29. The van der Waals surface area contributed by atoms with Crippen LogP contribution in [0.2, 0.25) is 0 Å². The van der Waals surface area contributed by atoms with E-state index in [0.29, 0.717) is 0 Å². The molecule has 0 bridgehead atoms. The van der Waals surface area contributed by atoms with Gasteiger partial charge in [-0.1, -0.05) is 75.5 Å². The molecule has 1 aromatic carbocycles. The number of hydrogen-bond donors (Lipinski definition) is 3. The maximum atomic E-state index is 5.65. The number of anilines is 1. The molecule has 3 aromatic rings. The Balaban J connectivity index is 0.000000262. The van der Waals surface area contributed by atoms with E-state index >= 15 is 0 Å². The number of rotatable bonds is 7. The summed E-state index contributed by atoms with van der Waals surface area (Å²) in [6.07, 6.45) is 6.22. The normalized spacial score (nSPS) is 16.0.